The fourth-order valence-electron chi connectivity index (χ4n) is 1.82. The van der Waals surface area contributed by atoms with Gasteiger partial charge in [-0.3, -0.25) is 0 Å². The number of thiazole rings is 1. The Hall–Kier alpha value is -1.21. The summed E-state index contributed by atoms with van der Waals surface area (Å²) in [6.07, 6.45) is -0.561. The average Bonchev–Trinajstić information content (AvgIpc) is 2.90. The molecule has 2 atom stereocenters. The number of nitrogens with one attached hydrogen (secondary N) is 1. The molecule has 2 aromatic rings. The van der Waals surface area contributed by atoms with E-state index >= 15 is 0 Å². The molecule has 1 aromatic carbocycles. The number of rotatable bonds is 8. The van der Waals surface area contributed by atoms with Crippen LogP contribution in [0.4, 0.5) is 5.69 Å². The predicted molar refractivity (Wildman–Crippen MR) is 81.4 cm³/mol. The van der Waals surface area contributed by atoms with Crippen molar-refractivity contribution in [1.82, 2.24) is 4.98 Å². The lowest BCUT2D eigenvalue weighted by Gasteiger charge is -2.16. The molecule has 1 aromatic heterocycles. The van der Waals surface area contributed by atoms with E-state index in [0.29, 0.717) is 19.8 Å². The van der Waals surface area contributed by atoms with E-state index in [0.717, 1.165) is 15.9 Å². The number of aromatic nitrogens is 1. The van der Waals surface area contributed by atoms with Gasteiger partial charge in [0.05, 0.1) is 41.1 Å². The largest absolute Gasteiger partial charge is 0.389 e. The normalized spacial score (nSPS) is 14.3. The topological polar surface area (TPSA) is 63.6 Å². The van der Waals surface area contributed by atoms with Crippen LogP contribution in [0.3, 0.4) is 0 Å². The van der Waals surface area contributed by atoms with Crippen molar-refractivity contribution in [3.8, 4) is 0 Å². The second kappa shape index (κ2) is 7.54. The first kappa shape index (κ1) is 15.2. The van der Waals surface area contributed by atoms with Gasteiger partial charge in [0.1, 0.15) is 0 Å². The van der Waals surface area contributed by atoms with Gasteiger partial charge in [-0.2, -0.15) is 0 Å². The zero-order valence-electron chi connectivity index (χ0n) is 11.7. The highest BCUT2D eigenvalue weighted by Crippen LogP contribution is 2.21. The number of hydrogen-bond acceptors (Lipinski definition) is 6. The molecule has 0 aliphatic rings. The van der Waals surface area contributed by atoms with Gasteiger partial charge in [-0.1, -0.05) is 0 Å². The maximum Gasteiger partial charge on any atom is 0.0945 e. The molecule has 0 aliphatic carbocycles. The van der Waals surface area contributed by atoms with Gasteiger partial charge in [-0.05, 0) is 25.1 Å². The third-order valence-electron chi connectivity index (χ3n) is 2.85. The molecule has 2 N–H and O–H groups in total. The molecule has 0 radical (unpaired) electrons. The molecule has 0 aliphatic heterocycles. The Balaban J connectivity index is 1.76. The maximum atomic E-state index is 9.86. The molecule has 5 nitrogen and oxygen atoms in total. The summed E-state index contributed by atoms with van der Waals surface area (Å²) in [7, 11) is 1.63. The number of aliphatic hydroxyl groups is 1. The van der Waals surface area contributed by atoms with Crippen LogP contribution in [-0.2, 0) is 9.47 Å². The van der Waals surface area contributed by atoms with Crippen molar-refractivity contribution in [2.45, 2.75) is 19.1 Å². The third-order valence-corrected chi connectivity index (χ3v) is 3.64. The summed E-state index contributed by atoms with van der Waals surface area (Å²) < 4.78 is 11.6. The SMILES string of the molecule is COCC(C)OCC(O)CNc1ccc2ncsc2c1. The van der Waals surface area contributed by atoms with Crippen molar-refractivity contribution in [3.63, 3.8) is 0 Å². The number of hydrogen-bond donors (Lipinski definition) is 2. The number of fused-ring (bicyclic) bond motifs is 1. The molecule has 0 fully saturated rings. The van der Waals surface area contributed by atoms with E-state index in [-0.39, 0.29) is 6.10 Å². The van der Waals surface area contributed by atoms with E-state index in [9.17, 15) is 5.11 Å². The van der Waals surface area contributed by atoms with E-state index in [4.69, 9.17) is 9.47 Å². The summed E-state index contributed by atoms with van der Waals surface area (Å²) in [5.74, 6) is 0. The second-order valence-corrected chi connectivity index (χ2v) is 5.56. The molecule has 2 rings (SSSR count). The van der Waals surface area contributed by atoms with Gasteiger partial charge >= 0.3 is 0 Å². The van der Waals surface area contributed by atoms with E-state index in [1.165, 1.54) is 0 Å². The first-order valence-electron chi connectivity index (χ1n) is 6.54. The summed E-state index contributed by atoms with van der Waals surface area (Å²) in [5, 5.41) is 13.1. The minimum atomic E-state index is -0.550. The minimum absolute atomic E-state index is 0.0109. The summed E-state index contributed by atoms with van der Waals surface area (Å²) >= 11 is 1.60. The van der Waals surface area contributed by atoms with E-state index < -0.39 is 6.10 Å². The first-order chi connectivity index (χ1) is 9.69. The van der Waals surface area contributed by atoms with E-state index in [2.05, 4.69) is 10.3 Å². The summed E-state index contributed by atoms with van der Waals surface area (Å²) in [6, 6.07) is 5.97. The number of ether oxygens (including phenoxy) is 2. The van der Waals surface area contributed by atoms with Crippen LogP contribution >= 0.6 is 11.3 Å². The highest BCUT2D eigenvalue weighted by Gasteiger charge is 2.08. The third kappa shape index (κ3) is 4.42. The van der Waals surface area contributed by atoms with Crippen LogP contribution in [0.1, 0.15) is 6.92 Å². The monoisotopic (exact) mass is 296 g/mol. The number of anilines is 1. The molecule has 0 spiro atoms. The Bertz CT molecular complexity index is 532. The van der Waals surface area contributed by atoms with Crippen molar-refractivity contribution >= 4 is 27.2 Å². The fourth-order valence-corrected chi connectivity index (χ4v) is 2.53. The van der Waals surface area contributed by atoms with Crippen molar-refractivity contribution in [3.05, 3.63) is 23.7 Å². The van der Waals surface area contributed by atoms with Crippen LogP contribution in [0.25, 0.3) is 10.2 Å². The molecule has 0 saturated carbocycles. The van der Waals surface area contributed by atoms with E-state index in [1.54, 1.807) is 18.4 Å². The number of aliphatic hydroxyl groups excluding tert-OH is 1. The minimum Gasteiger partial charge on any atom is -0.389 e. The molecule has 0 saturated heterocycles. The summed E-state index contributed by atoms with van der Waals surface area (Å²) in [6.45, 7) is 3.19. The highest BCUT2D eigenvalue weighted by atomic mass is 32.1. The molecule has 0 amide bonds. The standard InChI is InChI=1S/C14H20N2O3S/c1-10(7-18-2)19-8-12(17)6-15-11-3-4-13-14(5-11)20-9-16-13/h3-5,9-10,12,15,17H,6-8H2,1-2H3. The van der Waals surface area contributed by atoms with Gasteiger partial charge < -0.3 is 19.9 Å². The van der Waals surface area contributed by atoms with Crippen molar-refractivity contribution in [2.24, 2.45) is 0 Å². The Morgan fingerprint density at radius 1 is 1.40 bits per heavy atom. The Labute approximate surface area is 122 Å². The molecule has 2 unspecified atom stereocenters. The molecule has 20 heavy (non-hydrogen) atoms. The molecule has 0 bridgehead atoms. The summed E-state index contributed by atoms with van der Waals surface area (Å²) in [4.78, 5) is 4.23. The van der Waals surface area contributed by atoms with Crippen molar-refractivity contribution < 1.29 is 14.6 Å². The van der Waals surface area contributed by atoms with Crippen molar-refractivity contribution in [1.29, 1.82) is 0 Å². The van der Waals surface area contributed by atoms with Crippen molar-refractivity contribution in [2.75, 3.05) is 32.2 Å². The predicted octanol–water partition coefficient (Wildman–Crippen LogP) is 2.12. The van der Waals surface area contributed by atoms with Gasteiger partial charge in [0.15, 0.2) is 0 Å². The quantitative estimate of drug-likeness (QED) is 0.781. The zero-order valence-corrected chi connectivity index (χ0v) is 12.5. The van der Waals surface area contributed by atoms with Crippen LogP contribution in [0.5, 0.6) is 0 Å². The molecular formula is C14H20N2O3S. The second-order valence-electron chi connectivity index (χ2n) is 4.67. The molecule has 1 heterocycles. The van der Waals surface area contributed by atoms with Gasteiger partial charge in [0.2, 0.25) is 0 Å². The van der Waals surface area contributed by atoms with Crippen LogP contribution in [0.15, 0.2) is 23.7 Å². The van der Waals surface area contributed by atoms with Crippen LogP contribution in [-0.4, -0.2) is 49.2 Å². The number of methoxy groups -OCH3 is 1. The first-order valence-corrected chi connectivity index (χ1v) is 7.42. The molecule has 6 heteroatoms. The zero-order chi connectivity index (χ0) is 14.4. The maximum absolute atomic E-state index is 9.86. The Morgan fingerprint density at radius 2 is 2.25 bits per heavy atom. The number of nitrogens with zero attached hydrogens (tertiary/aromatic N) is 1. The smallest absolute Gasteiger partial charge is 0.0945 e. The Kier molecular flexibility index (Phi) is 5.72. The fraction of sp³-hybridized carbons (Fsp3) is 0.500. The highest BCUT2D eigenvalue weighted by molar-refractivity contribution is 7.16. The van der Waals surface area contributed by atoms with Crippen LogP contribution in [0.2, 0.25) is 0 Å². The van der Waals surface area contributed by atoms with Gasteiger partial charge in [0.25, 0.3) is 0 Å². The van der Waals surface area contributed by atoms with Gasteiger partial charge in [-0.25, -0.2) is 4.98 Å². The molecular weight excluding hydrogens is 276 g/mol. The lowest BCUT2D eigenvalue weighted by atomic mass is 10.3. The summed E-state index contributed by atoms with van der Waals surface area (Å²) in [5.41, 5.74) is 3.80. The lowest BCUT2D eigenvalue weighted by molar-refractivity contribution is -0.0282. The molecule has 110 valence electrons. The number of benzene rings is 1. The van der Waals surface area contributed by atoms with E-state index in [1.807, 2.05) is 30.6 Å². The average molecular weight is 296 g/mol. The van der Waals surface area contributed by atoms with Crippen LogP contribution in [0, 0.1) is 0 Å². The van der Waals surface area contributed by atoms with Gasteiger partial charge in [-0.15, -0.1) is 11.3 Å². The van der Waals surface area contributed by atoms with Gasteiger partial charge in [0, 0.05) is 19.3 Å². The Morgan fingerprint density at radius 3 is 3.05 bits per heavy atom. The lowest BCUT2D eigenvalue weighted by Crippen LogP contribution is -2.28. The van der Waals surface area contributed by atoms with Crippen LogP contribution < -0.4 is 5.32 Å².